The number of hydrogen-bond donors (Lipinski definition) is 1. The molecule has 0 bridgehead atoms. The summed E-state index contributed by atoms with van der Waals surface area (Å²) in [5.41, 5.74) is -0.171. The molecule has 0 aromatic heterocycles. The maximum Gasteiger partial charge on any atom is 0.152 e. The first kappa shape index (κ1) is 13.0. The van der Waals surface area contributed by atoms with Crippen LogP contribution in [0.1, 0.15) is 40.0 Å². The molecule has 1 aliphatic rings. The molecule has 0 spiro atoms. The second-order valence-electron chi connectivity index (χ2n) is 5.37. The molecule has 15 heavy (non-hydrogen) atoms. The summed E-state index contributed by atoms with van der Waals surface area (Å²) in [4.78, 5) is 0. The standard InChI is InChI=1S/C11H23NO2S/c1-10(2)5-4-7-12-11(3)6-8-15(13,14)9-11/h10,12H,4-9H2,1-3H3. The summed E-state index contributed by atoms with van der Waals surface area (Å²) in [6.45, 7) is 7.38. The van der Waals surface area contributed by atoms with E-state index in [9.17, 15) is 8.42 Å². The zero-order chi connectivity index (χ0) is 11.5. The van der Waals surface area contributed by atoms with Crippen LogP contribution in [0.15, 0.2) is 0 Å². The van der Waals surface area contributed by atoms with Gasteiger partial charge in [-0.05, 0) is 38.6 Å². The molecule has 0 aromatic rings. The van der Waals surface area contributed by atoms with Crippen molar-refractivity contribution in [3.8, 4) is 0 Å². The number of rotatable bonds is 5. The van der Waals surface area contributed by atoms with Crippen molar-refractivity contribution in [3.63, 3.8) is 0 Å². The number of nitrogens with one attached hydrogen (secondary N) is 1. The third kappa shape index (κ3) is 4.51. The van der Waals surface area contributed by atoms with Crippen LogP contribution in [0.2, 0.25) is 0 Å². The van der Waals surface area contributed by atoms with Gasteiger partial charge in [-0.15, -0.1) is 0 Å². The van der Waals surface area contributed by atoms with Gasteiger partial charge < -0.3 is 5.32 Å². The van der Waals surface area contributed by atoms with Crippen LogP contribution in [0, 0.1) is 5.92 Å². The van der Waals surface area contributed by atoms with E-state index in [1.54, 1.807) is 0 Å². The predicted octanol–water partition coefficient (Wildman–Crippen LogP) is 1.59. The van der Waals surface area contributed by atoms with Crippen molar-refractivity contribution in [1.29, 1.82) is 0 Å². The van der Waals surface area contributed by atoms with Gasteiger partial charge in [0.2, 0.25) is 0 Å². The third-order valence-corrected chi connectivity index (χ3v) is 4.92. The molecule has 90 valence electrons. The minimum Gasteiger partial charge on any atom is -0.310 e. The van der Waals surface area contributed by atoms with E-state index >= 15 is 0 Å². The van der Waals surface area contributed by atoms with Crippen LogP contribution in [-0.2, 0) is 9.84 Å². The molecule has 0 saturated carbocycles. The molecule has 0 aromatic carbocycles. The lowest BCUT2D eigenvalue weighted by Crippen LogP contribution is -2.43. The highest BCUT2D eigenvalue weighted by Gasteiger charge is 2.37. The average Bonchev–Trinajstić information content (AvgIpc) is 2.35. The largest absolute Gasteiger partial charge is 0.310 e. The molecule has 1 N–H and O–H groups in total. The van der Waals surface area contributed by atoms with Crippen molar-refractivity contribution >= 4 is 9.84 Å². The average molecular weight is 233 g/mol. The molecule has 1 fully saturated rings. The Morgan fingerprint density at radius 2 is 2.07 bits per heavy atom. The summed E-state index contributed by atoms with van der Waals surface area (Å²) in [6, 6.07) is 0. The topological polar surface area (TPSA) is 46.2 Å². The van der Waals surface area contributed by atoms with Gasteiger partial charge in [-0.25, -0.2) is 8.42 Å². The maximum atomic E-state index is 11.3. The minimum absolute atomic E-state index is 0.171. The van der Waals surface area contributed by atoms with Crippen molar-refractivity contribution in [2.75, 3.05) is 18.1 Å². The Kier molecular flexibility index (Phi) is 4.18. The first-order chi connectivity index (χ1) is 6.83. The lowest BCUT2D eigenvalue weighted by molar-refractivity contribution is 0.384. The Balaban J connectivity index is 2.27. The van der Waals surface area contributed by atoms with E-state index in [0.717, 1.165) is 25.3 Å². The van der Waals surface area contributed by atoms with E-state index in [4.69, 9.17) is 0 Å². The van der Waals surface area contributed by atoms with Crippen LogP contribution >= 0.6 is 0 Å². The smallest absolute Gasteiger partial charge is 0.152 e. The molecule has 3 nitrogen and oxygen atoms in total. The summed E-state index contributed by atoms with van der Waals surface area (Å²) < 4.78 is 22.7. The molecule has 1 atom stereocenters. The fourth-order valence-electron chi connectivity index (χ4n) is 2.05. The van der Waals surface area contributed by atoms with Gasteiger partial charge in [-0.3, -0.25) is 0 Å². The summed E-state index contributed by atoms with van der Waals surface area (Å²) in [5, 5.41) is 3.39. The summed E-state index contributed by atoms with van der Waals surface area (Å²) in [5.74, 6) is 1.38. The van der Waals surface area contributed by atoms with Crippen molar-refractivity contribution in [2.45, 2.75) is 45.6 Å². The van der Waals surface area contributed by atoms with Gasteiger partial charge in [-0.1, -0.05) is 13.8 Å². The van der Waals surface area contributed by atoms with E-state index in [-0.39, 0.29) is 5.54 Å². The number of hydrogen-bond acceptors (Lipinski definition) is 3. The van der Waals surface area contributed by atoms with Gasteiger partial charge in [0.15, 0.2) is 9.84 Å². The summed E-state index contributed by atoms with van der Waals surface area (Å²) in [7, 11) is -2.77. The lowest BCUT2D eigenvalue weighted by atomic mass is 10.0. The molecule has 1 unspecified atom stereocenters. The molecule has 1 rings (SSSR count). The van der Waals surface area contributed by atoms with Crippen LogP contribution in [0.4, 0.5) is 0 Å². The fourth-order valence-corrected chi connectivity index (χ4v) is 4.17. The third-order valence-electron chi connectivity index (χ3n) is 3.01. The zero-order valence-electron chi connectivity index (χ0n) is 10.0. The molecule has 1 aliphatic heterocycles. The first-order valence-electron chi connectivity index (χ1n) is 5.78. The van der Waals surface area contributed by atoms with Gasteiger partial charge in [0.1, 0.15) is 0 Å². The first-order valence-corrected chi connectivity index (χ1v) is 7.61. The van der Waals surface area contributed by atoms with Crippen LogP contribution in [0.3, 0.4) is 0 Å². The molecule has 1 heterocycles. The second kappa shape index (κ2) is 4.83. The molecular formula is C11H23NO2S. The van der Waals surface area contributed by atoms with E-state index in [2.05, 4.69) is 19.2 Å². The van der Waals surface area contributed by atoms with Crippen LogP contribution in [0.25, 0.3) is 0 Å². The van der Waals surface area contributed by atoms with Gasteiger partial charge in [0, 0.05) is 5.54 Å². The molecular weight excluding hydrogens is 210 g/mol. The van der Waals surface area contributed by atoms with Gasteiger partial charge in [-0.2, -0.15) is 0 Å². The summed E-state index contributed by atoms with van der Waals surface area (Å²) in [6.07, 6.45) is 3.10. The van der Waals surface area contributed by atoms with Crippen molar-refractivity contribution in [1.82, 2.24) is 5.32 Å². The minimum atomic E-state index is -2.77. The molecule has 0 radical (unpaired) electrons. The Labute approximate surface area is 93.6 Å². The molecule has 0 aliphatic carbocycles. The van der Waals surface area contributed by atoms with Crippen LogP contribution in [-0.4, -0.2) is 32.0 Å². The molecule has 4 heteroatoms. The molecule has 1 saturated heterocycles. The zero-order valence-corrected chi connectivity index (χ0v) is 10.9. The lowest BCUT2D eigenvalue weighted by Gasteiger charge is -2.24. The Bertz CT molecular complexity index is 298. The monoisotopic (exact) mass is 233 g/mol. The highest BCUT2D eigenvalue weighted by atomic mass is 32.2. The van der Waals surface area contributed by atoms with E-state index in [1.165, 1.54) is 6.42 Å². The summed E-state index contributed by atoms with van der Waals surface area (Å²) >= 11 is 0. The molecule has 0 amide bonds. The SMILES string of the molecule is CC(C)CCCNC1(C)CCS(=O)(=O)C1. The van der Waals surface area contributed by atoms with Crippen molar-refractivity contribution < 1.29 is 8.42 Å². The van der Waals surface area contributed by atoms with Gasteiger partial charge in [0.05, 0.1) is 11.5 Å². The fraction of sp³-hybridized carbons (Fsp3) is 1.00. The highest BCUT2D eigenvalue weighted by Crippen LogP contribution is 2.22. The second-order valence-corrected chi connectivity index (χ2v) is 7.55. The highest BCUT2D eigenvalue weighted by molar-refractivity contribution is 7.91. The number of sulfone groups is 1. The Morgan fingerprint density at radius 3 is 2.53 bits per heavy atom. The Hall–Kier alpha value is -0.0900. The van der Waals surface area contributed by atoms with E-state index in [1.807, 2.05) is 6.92 Å². The van der Waals surface area contributed by atoms with E-state index in [0.29, 0.717) is 11.5 Å². The van der Waals surface area contributed by atoms with Crippen LogP contribution in [0.5, 0.6) is 0 Å². The Morgan fingerprint density at radius 1 is 1.40 bits per heavy atom. The predicted molar refractivity (Wildman–Crippen MR) is 63.8 cm³/mol. The van der Waals surface area contributed by atoms with Gasteiger partial charge >= 0.3 is 0 Å². The maximum absolute atomic E-state index is 11.3. The quantitative estimate of drug-likeness (QED) is 0.734. The van der Waals surface area contributed by atoms with Crippen LogP contribution < -0.4 is 5.32 Å². The van der Waals surface area contributed by atoms with E-state index < -0.39 is 9.84 Å². The van der Waals surface area contributed by atoms with Crippen molar-refractivity contribution in [2.24, 2.45) is 5.92 Å². The van der Waals surface area contributed by atoms with Gasteiger partial charge in [0.25, 0.3) is 0 Å². The normalized spacial score (nSPS) is 29.9. The van der Waals surface area contributed by atoms with Crippen molar-refractivity contribution in [3.05, 3.63) is 0 Å².